The quantitative estimate of drug-likeness (QED) is 0.174. The molecule has 0 radical (unpaired) electrons. The van der Waals surface area contributed by atoms with Crippen molar-refractivity contribution < 1.29 is 33.8 Å². The zero-order valence-corrected chi connectivity index (χ0v) is 24.7. The van der Waals surface area contributed by atoms with Gasteiger partial charge in [-0.15, -0.1) is 0 Å². The Labute approximate surface area is 260 Å². The van der Waals surface area contributed by atoms with Gasteiger partial charge in [0.1, 0.15) is 11.5 Å². The second kappa shape index (κ2) is 14.3. The molecule has 1 aromatic heterocycles. The van der Waals surface area contributed by atoms with Crippen molar-refractivity contribution in [1.82, 2.24) is 10.3 Å². The number of ether oxygens (including phenoxy) is 2. The number of rotatable bonds is 11. The van der Waals surface area contributed by atoms with Gasteiger partial charge in [-0.1, -0.05) is 30.3 Å². The summed E-state index contributed by atoms with van der Waals surface area (Å²) in [7, 11) is 0. The van der Waals surface area contributed by atoms with E-state index in [4.69, 9.17) is 9.47 Å². The molecular weight excluding hydrogens is 574 g/mol. The highest BCUT2D eigenvalue weighted by molar-refractivity contribution is 6.01. The molecule has 4 aromatic rings. The molecular formula is C35H33N3O7. The maximum Gasteiger partial charge on any atom is 0.337 e. The fourth-order valence-corrected chi connectivity index (χ4v) is 5.08. The summed E-state index contributed by atoms with van der Waals surface area (Å²) in [6.07, 6.45) is 4.85. The summed E-state index contributed by atoms with van der Waals surface area (Å²) in [6.45, 7) is 1.50. The highest BCUT2D eigenvalue weighted by atomic mass is 16.5. The summed E-state index contributed by atoms with van der Waals surface area (Å²) in [5.41, 5.74) is 2.03. The first-order valence-corrected chi connectivity index (χ1v) is 14.7. The van der Waals surface area contributed by atoms with E-state index in [0.29, 0.717) is 28.3 Å². The summed E-state index contributed by atoms with van der Waals surface area (Å²) < 4.78 is 12.0. The van der Waals surface area contributed by atoms with Gasteiger partial charge in [0, 0.05) is 29.4 Å². The van der Waals surface area contributed by atoms with Gasteiger partial charge in [-0.05, 0) is 86.7 Å². The predicted octanol–water partition coefficient (Wildman–Crippen LogP) is 6.08. The number of ketones is 1. The SMILES string of the molecule is CC(=O)c1ccc(C(=O)NC2CCC(Oc3ccc(Oc4ccc(CC(=O)Nc5ccccc5C(=O)O)cn4)cc3)CC2)cc1. The number of carboxylic acid groups (broad SMARTS) is 1. The normalized spacial score (nSPS) is 15.8. The number of aromatic nitrogens is 1. The van der Waals surface area contributed by atoms with Crippen LogP contribution in [-0.2, 0) is 11.2 Å². The Morgan fingerprint density at radius 3 is 2.13 bits per heavy atom. The van der Waals surface area contributed by atoms with Crippen LogP contribution >= 0.6 is 0 Å². The van der Waals surface area contributed by atoms with E-state index < -0.39 is 5.97 Å². The fourth-order valence-electron chi connectivity index (χ4n) is 5.08. The van der Waals surface area contributed by atoms with Gasteiger partial charge in [0.05, 0.1) is 23.8 Å². The standard InChI is InChI=1S/C35H33N3O7/c1-22(39)24-7-9-25(10-8-24)34(41)37-26-11-13-27(14-12-26)44-28-15-17-29(18-16-28)45-33-19-6-23(21-36-33)20-32(40)38-31-5-3-2-4-30(31)35(42)43/h2-10,15-19,21,26-27H,11-14,20H2,1H3,(H,37,41)(H,38,40)(H,42,43). The van der Waals surface area contributed by atoms with Crippen molar-refractivity contribution in [2.24, 2.45) is 0 Å². The molecule has 0 bridgehead atoms. The van der Waals surface area contributed by atoms with Crippen molar-refractivity contribution in [2.45, 2.75) is 51.2 Å². The van der Waals surface area contributed by atoms with Crippen LogP contribution in [0.3, 0.4) is 0 Å². The van der Waals surface area contributed by atoms with Crippen LogP contribution in [0.15, 0.2) is 91.1 Å². The molecule has 0 atom stereocenters. The molecule has 10 nitrogen and oxygen atoms in total. The topological polar surface area (TPSA) is 144 Å². The number of hydrogen-bond acceptors (Lipinski definition) is 7. The molecule has 10 heteroatoms. The molecule has 0 saturated heterocycles. The van der Waals surface area contributed by atoms with E-state index in [0.717, 1.165) is 31.4 Å². The highest BCUT2D eigenvalue weighted by Crippen LogP contribution is 2.27. The number of benzene rings is 3. The van der Waals surface area contributed by atoms with Crippen LogP contribution in [0.2, 0.25) is 0 Å². The molecule has 1 aliphatic rings. The molecule has 230 valence electrons. The molecule has 1 aliphatic carbocycles. The zero-order valence-electron chi connectivity index (χ0n) is 24.7. The summed E-state index contributed by atoms with van der Waals surface area (Å²) in [4.78, 5) is 52.1. The lowest BCUT2D eigenvalue weighted by molar-refractivity contribution is -0.115. The van der Waals surface area contributed by atoms with Gasteiger partial charge in [-0.2, -0.15) is 0 Å². The Morgan fingerprint density at radius 1 is 0.822 bits per heavy atom. The molecule has 3 aromatic carbocycles. The summed E-state index contributed by atoms with van der Waals surface area (Å²) in [5.74, 6) is 0.0147. The Bertz CT molecular complexity index is 1660. The molecule has 3 N–H and O–H groups in total. The van der Waals surface area contributed by atoms with E-state index >= 15 is 0 Å². The monoisotopic (exact) mass is 607 g/mol. The lowest BCUT2D eigenvalue weighted by Crippen LogP contribution is -2.39. The number of anilines is 1. The molecule has 1 heterocycles. The van der Waals surface area contributed by atoms with Gasteiger partial charge >= 0.3 is 5.97 Å². The average molecular weight is 608 g/mol. The Hall–Kier alpha value is -5.51. The van der Waals surface area contributed by atoms with Crippen molar-refractivity contribution in [2.75, 3.05) is 5.32 Å². The number of carboxylic acids is 1. The van der Waals surface area contributed by atoms with Crippen LogP contribution in [0.5, 0.6) is 17.4 Å². The molecule has 5 rings (SSSR count). The lowest BCUT2D eigenvalue weighted by atomic mass is 9.92. The van der Waals surface area contributed by atoms with E-state index in [2.05, 4.69) is 15.6 Å². The molecule has 0 spiro atoms. The van der Waals surface area contributed by atoms with E-state index in [1.54, 1.807) is 72.9 Å². The molecule has 1 saturated carbocycles. The molecule has 1 fully saturated rings. The lowest BCUT2D eigenvalue weighted by Gasteiger charge is -2.29. The van der Waals surface area contributed by atoms with Crippen molar-refractivity contribution in [3.63, 3.8) is 0 Å². The maximum atomic E-state index is 12.6. The summed E-state index contributed by atoms with van der Waals surface area (Å²) in [6, 6.07) is 23.6. The van der Waals surface area contributed by atoms with Crippen molar-refractivity contribution in [3.05, 3.63) is 113 Å². The minimum absolute atomic E-state index is 0.0215. The van der Waals surface area contributed by atoms with Gasteiger partial charge in [0.25, 0.3) is 5.91 Å². The van der Waals surface area contributed by atoms with E-state index in [9.17, 15) is 24.3 Å². The third-order valence-electron chi connectivity index (χ3n) is 7.51. The van der Waals surface area contributed by atoms with Crippen molar-refractivity contribution >= 4 is 29.3 Å². The second-order valence-corrected chi connectivity index (χ2v) is 10.9. The smallest absolute Gasteiger partial charge is 0.337 e. The highest BCUT2D eigenvalue weighted by Gasteiger charge is 2.24. The predicted molar refractivity (Wildman–Crippen MR) is 167 cm³/mol. The van der Waals surface area contributed by atoms with Gasteiger partial charge in [0.2, 0.25) is 11.8 Å². The van der Waals surface area contributed by atoms with Crippen LogP contribution in [0, 0.1) is 0 Å². The second-order valence-electron chi connectivity index (χ2n) is 10.9. The number of nitrogens with zero attached hydrogens (tertiary/aromatic N) is 1. The third kappa shape index (κ3) is 8.54. The number of nitrogens with one attached hydrogen (secondary N) is 2. The average Bonchev–Trinajstić information content (AvgIpc) is 3.04. The number of Topliss-reactive ketones (excluding diaryl/α,β-unsaturated/α-hetero) is 1. The van der Waals surface area contributed by atoms with Crippen LogP contribution in [0.1, 0.15) is 69.2 Å². The first-order valence-electron chi connectivity index (χ1n) is 14.7. The number of hydrogen-bond donors (Lipinski definition) is 3. The van der Waals surface area contributed by atoms with Crippen LogP contribution in [0.4, 0.5) is 5.69 Å². The molecule has 2 amide bonds. The van der Waals surface area contributed by atoms with E-state index in [1.807, 2.05) is 12.1 Å². The van der Waals surface area contributed by atoms with Crippen molar-refractivity contribution in [1.29, 1.82) is 0 Å². The molecule has 0 aliphatic heterocycles. The largest absolute Gasteiger partial charge is 0.490 e. The Kier molecular flexibility index (Phi) is 9.83. The zero-order chi connectivity index (χ0) is 31.8. The van der Waals surface area contributed by atoms with Gasteiger partial charge in [-0.25, -0.2) is 9.78 Å². The Morgan fingerprint density at radius 2 is 1.49 bits per heavy atom. The summed E-state index contributed by atoms with van der Waals surface area (Å²) in [5, 5.41) is 15.0. The third-order valence-corrected chi connectivity index (χ3v) is 7.51. The number of carbonyl (C=O) groups excluding carboxylic acids is 3. The maximum absolute atomic E-state index is 12.6. The van der Waals surface area contributed by atoms with Gasteiger partial charge in [-0.3, -0.25) is 14.4 Å². The molecule has 0 unspecified atom stereocenters. The van der Waals surface area contributed by atoms with E-state index in [1.165, 1.54) is 13.0 Å². The first kappa shape index (κ1) is 30.9. The minimum Gasteiger partial charge on any atom is -0.490 e. The Balaban J connectivity index is 1.05. The van der Waals surface area contributed by atoms with Gasteiger partial charge < -0.3 is 25.2 Å². The van der Waals surface area contributed by atoms with Crippen LogP contribution in [0.25, 0.3) is 0 Å². The van der Waals surface area contributed by atoms with E-state index in [-0.39, 0.29) is 47.4 Å². The number of para-hydroxylation sites is 1. The summed E-state index contributed by atoms with van der Waals surface area (Å²) >= 11 is 0. The fraction of sp³-hybridized carbons (Fsp3) is 0.229. The van der Waals surface area contributed by atoms with Crippen molar-refractivity contribution in [3.8, 4) is 17.4 Å². The first-order chi connectivity index (χ1) is 21.7. The van der Waals surface area contributed by atoms with Crippen LogP contribution in [-0.4, -0.2) is 45.8 Å². The minimum atomic E-state index is -1.12. The number of amides is 2. The number of carbonyl (C=O) groups is 4. The van der Waals surface area contributed by atoms with Gasteiger partial charge in [0.15, 0.2) is 5.78 Å². The number of aromatic carboxylic acids is 1. The number of pyridine rings is 1. The van der Waals surface area contributed by atoms with Crippen LogP contribution < -0.4 is 20.1 Å². The molecule has 45 heavy (non-hydrogen) atoms.